The minimum Gasteiger partial charge on any atom is -0.497 e. The Morgan fingerprint density at radius 3 is 2.72 bits per heavy atom. The molecule has 0 bridgehead atoms. The maximum Gasteiger partial charge on any atom is 0.271 e. The lowest BCUT2D eigenvalue weighted by molar-refractivity contribution is -0.119. The zero-order valence-corrected chi connectivity index (χ0v) is 19.8. The quantitative estimate of drug-likeness (QED) is 0.386. The number of halogens is 1. The van der Waals surface area contributed by atoms with Gasteiger partial charge in [-0.05, 0) is 67.1 Å². The van der Waals surface area contributed by atoms with Crippen molar-refractivity contribution in [1.29, 1.82) is 0 Å². The first-order valence-electron chi connectivity index (χ1n) is 11.4. The van der Waals surface area contributed by atoms with E-state index in [2.05, 4.69) is 15.7 Å². The third kappa shape index (κ3) is 4.81. The summed E-state index contributed by atoms with van der Waals surface area (Å²) in [5.74, 6) is 0.705. The van der Waals surface area contributed by atoms with Crippen molar-refractivity contribution in [1.82, 2.24) is 20.4 Å². The SMILES string of the molecule is COc1cccc([C@@H](Oc2ccc3c(cnn3-c3ccc(F)cc3)c2)[C@H](C)NC(=O)C2=COCN2)c1. The van der Waals surface area contributed by atoms with Gasteiger partial charge in [0.1, 0.15) is 35.4 Å². The Balaban J connectivity index is 1.43. The molecule has 0 aliphatic carbocycles. The van der Waals surface area contributed by atoms with Crippen molar-refractivity contribution in [3.8, 4) is 17.2 Å². The van der Waals surface area contributed by atoms with Gasteiger partial charge in [-0.2, -0.15) is 5.10 Å². The largest absolute Gasteiger partial charge is 0.497 e. The van der Waals surface area contributed by atoms with Crippen LogP contribution in [-0.4, -0.2) is 35.6 Å². The first-order chi connectivity index (χ1) is 17.5. The second-order valence-electron chi connectivity index (χ2n) is 8.35. The summed E-state index contributed by atoms with van der Waals surface area (Å²) < 4.78 is 32.0. The van der Waals surface area contributed by atoms with Crippen LogP contribution in [0.1, 0.15) is 18.6 Å². The number of rotatable bonds is 8. The summed E-state index contributed by atoms with van der Waals surface area (Å²) in [5, 5.41) is 11.2. The molecule has 0 radical (unpaired) electrons. The number of methoxy groups -OCH3 is 1. The molecule has 2 heterocycles. The van der Waals surface area contributed by atoms with E-state index in [1.54, 1.807) is 30.1 Å². The molecule has 184 valence electrons. The van der Waals surface area contributed by atoms with Crippen LogP contribution in [0.5, 0.6) is 11.5 Å². The Labute approximate surface area is 207 Å². The van der Waals surface area contributed by atoms with Crippen molar-refractivity contribution < 1.29 is 23.4 Å². The van der Waals surface area contributed by atoms with Crippen LogP contribution in [0.2, 0.25) is 0 Å². The molecule has 0 spiro atoms. The number of nitrogens with one attached hydrogen (secondary N) is 2. The second kappa shape index (κ2) is 9.99. The Morgan fingerprint density at radius 2 is 1.97 bits per heavy atom. The van der Waals surface area contributed by atoms with E-state index in [0.717, 1.165) is 22.2 Å². The average Bonchev–Trinajstić information content (AvgIpc) is 3.58. The van der Waals surface area contributed by atoms with Gasteiger partial charge < -0.3 is 24.8 Å². The van der Waals surface area contributed by atoms with Crippen LogP contribution >= 0.6 is 0 Å². The number of carbonyl (C=O) groups is 1. The van der Waals surface area contributed by atoms with Gasteiger partial charge in [0.15, 0.2) is 6.73 Å². The molecular formula is C27H25FN4O4. The van der Waals surface area contributed by atoms with E-state index >= 15 is 0 Å². The van der Waals surface area contributed by atoms with E-state index < -0.39 is 12.1 Å². The standard InChI is InChI=1S/C27H25FN4O4/c1-17(31-27(33)24-15-35-16-29-24)26(18-4-3-5-22(12-18)34-2)36-23-10-11-25-19(13-23)14-30-32(25)21-8-6-20(28)7-9-21/h3-15,17,26,29H,16H2,1-2H3,(H,31,33)/t17-,26-/m0/s1. The van der Waals surface area contributed by atoms with Crippen LogP contribution < -0.4 is 20.1 Å². The summed E-state index contributed by atoms with van der Waals surface area (Å²) in [6.07, 6.45) is 2.61. The summed E-state index contributed by atoms with van der Waals surface area (Å²) in [4.78, 5) is 12.7. The number of benzene rings is 3. The predicted octanol–water partition coefficient (Wildman–Crippen LogP) is 4.22. The van der Waals surface area contributed by atoms with Crippen molar-refractivity contribution in [3.63, 3.8) is 0 Å². The topological polar surface area (TPSA) is 86.6 Å². The van der Waals surface area contributed by atoms with Gasteiger partial charge >= 0.3 is 0 Å². The van der Waals surface area contributed by atoms with Gasteiger partial charge in [-0.15, -0.1) is 0 Å². The molecular weight excluding hydrogens is 463 g/mol. The number of nitrogens with zero attached hydrogens (tertiary/aromatic N) is 2. The molecule has 5 rings (SSSR count). The lowest BCUT2D eigenvalue weighted by Crippen LogP contribution is -2.41. The number of hydrogen-bond acceptors (Lipinski definition) is 6. The second-order valence-corrected chi connectivity index (χ2v) is 8.35. The van der Waals surface area contributed by atoms with Gasteiger partial charge in [-0.1, -0.05) is 12.1 Å². The molecule has 2 N–H and O–H groups in total. The molecule has 0 fully saturated rings. The Kier molecular flexibility index (Phi) is 6.44. The van der Waals surface area contributed by atoms with Gasteiger partial charge in [0.2, 0.25) is 0 Å². The summed E-state index contributed by atoms with van der Waals surface area (Å²) in [7, 11) is 1.60. The van der Waals surface area contributed by atoms with E-state index in [1.165, 1.54) is 18.4 Å². The highest BCUT2D eigenvalue weighted by Crippen LogP contribution is 2.30. The van der Waals surface area contributed by atoms with Crippen molar-refractivity contribution in [2.24, 2.45) is 0 Å². The molecule has 1 amide bonds. The highest BCUT2D eigenvalue weighted by Gasteiger charge is 2.26. The van der Waals surface area contributed by atoms with Crippen LogP contribution in [0.3, 0.4) is 0 Å². The molecule has 4 aromatic rings. The fraction of sp³-hybridized carbons (Fsp3) is 0.185. The van der Waals surface area contributed by atoms with Crippen LogP contribution in [0.15, 0.2) is 84.9 Å². The summed E-state index contributed by atoms with van der Waals surface area (Å²) in [5.41, 5.74) is 2.81. The fourth-order valence-electron chi connectivity index (χ4n) is 4.08. The number of hydrogen-bond donors (Lipinski definition) is 2. The Morgan fingerprint density at radius 1 is 1.14 bits per heavy atom. The first-order valence-corrected chi connectivity index (χ1v) is 11.4. The lowest BCUT2D eigenvalue weighted by atomic mass is 10.0. The number of carbonyl (C=O) groups excluding carboxylic acids is 1. The Bertz CT molecular complexity index is 1420. The molecule has 1 aromatic heterocycles. The highest BCUT2D eigenvalue weighted by atomic mass is 19.1. The van der Waals surface area contributed by atoms with Crippen molar-refractivity contribution in [3.05, 3.63) is 96.3 Å². The van der Waals surface area contributed by atoms with Gasteiger partial charge in [0.05, 0.1) is 30.6 Å². The number of fused-ring (bicyclic) bond motifs is 1. The molecule has 1 aliphatic rings. The molecule has 1 aliphatic heterocycles. The molecule has 9 heteroatoms. The molecule has 8 nitrogen and oxygen atoms in total. The summed E-state index contributed by atoms with van der Waals surface area (Å²) in [6.45, 7) is 2.14. The normalized spacial score (nSPS) is 14.4. The fourth-order valence-corrected chi connectivity index (χ4v) is 4.08. The summed E-state index contributed by atoms with van der Waals surface area (Å²) >= 11 is 0. The zero-order valence-electron chi connectivity index (χ0n) is 19.8. The van der Waals surface area contributed by atoms with Crippen molar-refractivity contribution >= 4 is 16.8 Å². The number of ether oxygens (including phenoxy) is 3. The predicted molar refractivity (Wildman–Crippen MR) is 132 cm³/mol. The number of aromatic nitrogens is 2. The summed E-state index contributed by atoms with van der Waals surface area (Å²) in [6, 6.07) is 18.9. The van der Waals surface area contributed by atoms with E-state index in [1.807, 2.05) is 49.4 Å². The number of amides is 1. The van der Waals surface area contributed by atoms with E-state index in [-0.39, 0.29) is 18.5 Å². The monoisotopic (exact) mass is 488 g/mol. The van der Waals surface area contributed by atoms with Crippen molar-refractivity contribution in [2.45, 2.75) is 19.1 Å². The molecule has 0 unspecified atom stereocenters. The van der Waals surface area contributed by atoms with Crippen molar-refractivity contribution in [2.75, 3.05) is 13.8 Å². The molecule has 2 atom stereocenters. The minimum absolute atomic E-state index is 0.262. The van der Waals surface area contributed by atoms with Gasteiger partial charge in [-0.3, -0.25) is 4.79 Å². The third-order valence-electron chi connectivity index (χ3n) is 5.90. The molecule has 0 saturated carbocycles. The maximum atomic E-state index is 13.3. The van der Waals surface area contributed by atoms with Crippen LogP contribution in [0, 0.1) is 5.82 Å². The van der Waals surface area contributed by atoms with Gasteiger partial charge in [0, 0.05) is 5.39 Å². The van der Waals surface area contributed by atoms with Crippen LogP contribution in [0.4, 0.5) is 4.39 Å². The van der Waals surface area contributed by atoms with E-state index in [4.69, 9.17) is 14.2 Å². The van der Waals surface area contributed by atoms with Gasteiger partial charge in [-0.25, -0.2) is 9.07 Å². The van der Waals surface area contributed by atoms with E-state index in [9.17, 15) is 9.18 Å². The smallest absolute Gasteiger partial charge is 0.271 e. The lowest BCUT2D eigenvalue weighted by Gasteiger charge is -2.27. The zero-order chi connectivity index (χ0) is 25.1. The van der Waals surface area contributed by atoms with Crippen LogP contribution in [0.25, 0.3) is 16.6 Å². The average molecular weight is 489 g/mol. The van der Waals surface area contributed by atoms with Crippen LogP contribution in [-0.2, 0) is 9.53 Å². The molecule has 0 saturated heterocycles. The molecule has 3 aromatic carbocycles. The molecule has 36 heavy (non-hydrogen) atoms. The van der Waals surface area contributed by atoms with E-state index in [0.29, 0.717) is 17.2 Å². The van der Waals surface area contributed by atoms with Gasteiger partial charge in [0.25, 0.3) is 5.91 Å². The third-order valence-corrected chi connectivity index (χ3v) is 5.90. The Hall–Kier alpha value is -4.53. The highest BCUT2D eigenvalue weighted by molar-refractivity contribution is 5.93. The first kappa shape index (κ1) is 23.2. The minimum atomic E-state index is -0.517. The maximum absolute atomic E-state index is 13.3.